The Kier molecular flexibility index (Phi) is 12.5. The molecule has 5 rings (SSSR count). The van der Waals surface area contributed by atoms with Crippen LogP contribution in [0.3, 0.4) is 0 Å². The Morgan fingerprint density at radius 1 is 1.02 bits per heavy atom. The molecule has 15 nitrogen and oxygen atoms in total. The fourth-order valence-electron chi connectivity index (χ4n) is 5.78. The van der Waals surface area contributed by atoms with E-state index in [0.29, 0.717) is 36.7 Å². The summed E-state index contributed by atoms with van der Waals surface area (Å²) in [6, 6.07) is 16.1. The Morgan fingerprint density at radius 2 is 1.74 bits per heavy atom. The molecule has 2 fully saturated rings. The molecule has 3 heterocycles. The Balaban J connectivity index is 1.40. The van der Waals surface area contributed by atoms with E-state index >= 15 is 0 Å². The lowest BCUT2D eigenvalue weighted by Crippen LogP contribution is -2.55. The summed E-state index contributed by atoms with van der Waals surface area (Å²) >= 11 is 0. The van der Waals surface area contributed by atoms with Crippen LogP contribution >= 0.6 is 7.60 Å². The lowest BCUT2D eigenvalue weighted by atomic mass is 10.0. The number of unbranched alkanes of at least 4 members (excludes halogenated alkanes) is 1. The van der Waals surface area contributed by atoms with Crippen LogP contribution in [-0.2, 0) is 29.9 Å². The molecule has 50 heavy (non-hydrogen) atoms. The van der Waals surface area contributed by atoms with Crippen molar-refractivity contribution in [2.24, 2.45) is 0 Å². The van der Waals surface area contributed by atoms with Gasteiger partial charge in [-0.25, -0.2) is 14.8 Å². The normalized spacial score (nSPS) is 18.3. The smallest absolute Gasteiger partial charge is 0.448 e. The number of nitrogens with zero attached hydrogens (tertiary/aromatic N) is 5. The van der Waals surface area contributed by atoms with Gasteiger partial charge in [0.1, 0.15) is 17.6 Å². The molecule has 2 saturated heterocycles. The molecule has 1 unspecified atom stereocenters. The van der Waals surface area contributed by atoms with E-state index in [4.69, 9.17) is 24.2 Å². The van der Waals surface area contributed by atoms with Crippen molar-refractivity contribution in [2.75, 3.05) is 57.9 Å². The molecule has 1 aromatic heterocycles. The molecule has 0 bridgehead atoms. The number of carboxylic acid groups (broad SMARTS) is 1. The van der Waals surface area contributed by atoms with E-state index in [1.165, 1.54) is 17.2 Å². The Morgan fingerprint density at radius 3 is 2.38 bits per heavy atom. The molecule has 3 aromatic rings. The molecular formula is C34H43N6O9P. The largest absolute Gasteiger partial charge is 0.525 e. The molecule has 0 spiro atoms. The van der Waals surface area contributed by atoms with Crippen LogP contribution in [0.1, 0.15) is 42.2 Å². The summed E-state index contributed by atoms with van der Waals surface area (Å²) in [7, 11) is -2.37. The van der Waals surface area contributed by atoms with Crippen molar-refractivity contribution < 1.29 is 43.0 Å². The highest BCUT2D eigenvalue weighted by molar-refractivity contribution is 7.61. The average Bonchev–Trinajstić information content (AvgIpc) is 3.61. The van der Waals surface area contributed by atoms with E-state index in [1.807, 2.05) is 42.2 Å². The van der Waals surface area contributed by atoms with Gasteiger partial charge in [0, 0.05) is 51.3 Å². The zero-order valence-corrected chi connectivity index (χ0v) is 29.0. The molecular weight excluding hydrogens is 667 g/mol. The topological polar surface area (TPSA) is 184 Å². The molecule has 2 aliphatic heterocycles. The summed E-state index contributed by atoms with van der Waals surface area (Å²) in [5, 5.41) is 13.2. The van der Waals surface area contributed by atoms with Gasteiger partial charge in [0.05, 0.1) is 31.1 Å². The number of anilines is 1. The zero-order valence-electron chi connectivity index (χ0n) is 28.1. The van der Waals surface area contributed by atoms with Gasteiger partial charge in [-0.15, -0.1) is 5.06 Å². The Bertz CT molecular complexity index is 1670. The summed E-state index contributed by atoms with van der Waals surface area (Å²) in [5.41, 5.74) is 1.43. The van der Waals surface area contributed by atoms with Gasteiger partial charge < -0.3 is 39.2 Å². The van der Waals surface area contributed by atoms with Gasteiger partial charge in [0.2, 0.25) is 5.91 Å². The van der Waals surface area contributed by atoms with Crippen molar-refractivity contribution in [3.63, 3.8) is 0 Å². The quantitative estimate of drug-likeness (QED) is 0.164. The number of piperazine rings is 1. The summed E-state index contributed by atoms with van der Waals surface area (Å²) in [5.74, 6) is -0.0450. The highest BCUT2D eigenvalue weighted by Crippen LogP contribution is 2.40. The lowest BCUT2D eigenvalue weighted by Gasteiger charge is -2.34. The first-order chi connectivity index (χ1) is 24.1. The first-order valence-corrected chi connectivity index (χ1v) is 18.2. The van der Waals surface area contributed by atoms with Crippen molar-refractivity contribution in [1.29, 1.82) is 0 Å². The Hall–Kier alpha value is -4.40. The van der Waals surface area contributed by atoms with Gasteiger partial charge in [-0.1, -0.05) is 55.8 Å². The highest BCUT2D eigenvalue weighted by atomic mass is 31.2. The third-order valence-electron chi connectivity index (χ3n) is 8.61. The highest BCUT2D eigenvalue weighted by Gasteiger charge is 2.32. The molecule has 0 saturated carbocycles. The third-order valence-corrected chi connectivity index (χ3v) is 10.1. The molecule has 2 aromatic carbocycles. The number of ether oxygens (including phenoxy) is 1. The number of nitrogens with one attached hydrogen (secondary N) is 1. The predicted octanol–water partition coefficient (Wildman–Crippen LogP) is 3.09. The summed E-state index contributed by atoms with van der Waals surface area (Å²) in [4.78, 5) is 67.1. The van der Waals surface area contributed by atoms with E-state index < -0.39 is 25.7 Å². The minimum Gasteiger partial charge on any atom is -0.448 e. The van der Waals surface area contributed by atoms with Crippen molar-refractivity contribution in [2.45, 2.75) is 44.8 Å². The fourth-order valence-corrected chi connectivity index (χ4v) is 6.84. The van der Waals surface area contributed by atoms with Gasteiger partial charge in [0.25, 0.3) is 5.91 Å². The number of benzene rings is 2. The van der Waals surface area contributed by atoms with Crippen LogP contribution in [-0.4, -0.2) is 113 Å². The third kappa shape index (κ3) is 9.64. The lowest BCUT2D eigenvalue weighted by molar-refractivity contribution is -0.154. The van der Waals surface area contributed by atoms with Gasteiger partial charge >= 0.3 is 13.8 Å². The predicted molar refractivity (Wildman–Crippen MR) is 184 cm³/mol. The maximum atomic E-state index is 14.0. The number of carbonyl (C=O) groups is 3. The van der Waals surface area contributed by atoms with Crippen molar-refractivity contribution >= 4 is 36.7 Å². The molecule has 2 aliphatic rings. The van der Waals surface area contributed by atoms with Crippen LogP contribution in [0.5, 0.6) is 0 Å². The summed E-state index contributed by atoms with van der Waals surface area (Å²) in [6.07, 6.45) is 0.924. The van der Waals surface area contributed by atoms with Crippen LogP contribution in [0, 0.1) is 0 Å². The van der Waals surface area contributed by atoms with E-state index in [0.717, 1.165) is 18.4 Å². The number of hydrogen-bond acceptors (Lipinski definition) is 11. The number of rotatable bonds is 14. The second-order valence-corrected chi connectivity index (χ2v) is 13.9. The number of aromatic nitrogens is 2. The molecule has 268 valence electrons. The standard InChI is InChI=1S/C34H43N6O9P/c1-3-4-20-48-50(45,46)27-12-10-24(11-13-27)21-29(33(42)38-16-18-40(19-17-38)49-34(43)44)36-32(41)28-22-30(39-15-14-26(23-39)47-2)37-31(35-28)25-8-6-5-7-9-25/h5-13,22,26,29H,3-4,14-21,23H2,1-2H3,(H,36,41)(H,43,44)(H,45,46)/t26-,29-/m0/s1. The molecule has 3 atom stereocenters. The Labute approximate surface area is 290 Å². The average molecular weight is 711 g/mol. The number of hydrogen-bond donors (Lipinski definition) is 3. The second kappa shape index (κ2) is 17.0. The first-order valence-electron chi connectivity index (χ1n) is 16.6. The van der Waals surface area contributed by atoms with Crippen LogP contribution in [0.25, 0.3) is 11.4 Å². The maximum absolute atomic E-state index is 14.0. The number of hydroxylamine groups is 2. The van der Waals surface area contributed by atoms with Crippen LogP contribution in [0.15, 0.2) is 60.7 Å². The van der Waals surface area contributed by atoms with E-state index in [2.05, 4.69) is 10.3 Å². The summed E-state index contributed by atoms with van der Waals surface area (Å²) in [6.45, 7) is 4.05. The maximum Gasteiger partial charge on any atom is 0.525 e. The van der Waals surface area contributed by atoms with Gasteiger partial charge in [-0.3, -0.25) is 14.2 Å². The van der Waals surface area contributed by atoms with Gasteiger partial charge in [-0.2, -0.15) is 0 Å². The van der Waals surface area contributed by atoms with Crippen molar-refractivity contribution in [1.82, 2.24) is 25.2 Å². The van der Waals surface area contributed by atoms with E-state index in [-0.39, 0.29) is 62.2 Å². The van der Waals surface area contributed by atoms with Crippen LogP contribution < -0.4 is 15.5 Å². The number of amides is 2. The molecule has 3 N–H and O–H groups in total. The zero-order chi connectivity index (χ0) is 35.7. The molecule has 2 amide bonds. The van der Waals surface area contributed by atoms with Crippen molar-refractivity contribution in [3.05, 3.63) is 71.9 Å². The minimum absolute atomic E-state index is 0.0276. The summed E-state index contributed by atoms with van der Waals surface area (Å²) < 4.78 is 23.6. The van der Waals surface area contributed by atoms with Crippen LogP contribution in [0.4, 0.5) is 10.6 Å². The number of methoxy groups -OCH3 is 1. The SMILES string of the molecule is CCCCOP(=O)(O)c1ccc(C[C@H](NC(=O)c2cc(N3CC[C@H](OC)C3)nc(-c3ccccc3)n2)C(=O)N2CCN(OC(=O)O)CC2)cc1. The van der Waals surface area contributed by atoms with Crippen molar-refractivity contribution in [3.8, 4) is 11.4 Å². The minimum atomic E-state index is -4.03. The molecule has 0 radical (unpaired) electrons. The first kappa shape index (κ1) is 36.9. The van der Waals surface area contributed by atoms with E-state index in [9.17, 15) is 23.8 Å². The van der Waals surface area contributed by atoms with Crippen LogP contribution in [0.2, 0.25) is 0 Å². The van der Waals surface area contributed by atoms with Gasteiger partial charge in [0.15, 0.2) is 5.82 Å². The second-order valence-electron chi connectivity index (χ2n) is 12.1. The number of carbonyl (C=O) groups excluding carboxylic acids is 2. The van der Waals surface area contributed by atoms with E-state index in [1.54, 1.807) is 30.2 Å². The molecule has 0 aliphatic carbocycles. The fraction of sp³-hybridized carbons (Fsp3) is 0.441. The van der Waals surface area contributed by atoms with Gasteiger partial charge in [-0.05, 0) is 30.5 Å². The monoisotopic (exact) mass is 710 g/mol. The molecule has 16 heteroatoms.